The second kappa shape index (κ2) is 6.21. The molecule has 0 bridgehead atoms. The van der Waals surface area contributed by atoms with E-state index in [0.29, 0.717) is 17.8 Å². The van der Waals surface area contributed by atoms with Gasteiger partial charge in [-0.15, -0.1) is 11.8 Å². The molecule has 0 aliphatic carbocycles. The van der Waals surface area contributed by atoms with Crippen molar-refractivity contribution in [2.45, 2.75) is 4.90 Å². The molecule has 0 fully saturated rings. The van der Waals surface area contributed by atoms with Crippen LogP contribution in [0.4, 0.5) is 5.69 Å². The van der Waals surface area contributed by atoms with Crippen molar-refractivity contribution in [2.75, 3.05) is 6.26 Å². The van der Waals surface area contributed by atoms with E-state index in [1.807, 2.05) is 18.4 Å². The van der Waals surface area contributed by atoms with E-state index in [2.05, 4.69) is 0 Å². The molecule has 0 radical (unpaired) electrons. The van der Waals surface area contributed by atoms with Crippen LogP contribution in [0, 0.1) is 10.1 Å². The third-order valence-corrected chi connectivity index (χ3v) is 3.36. The molecule has 0 unspecified atom stereocenters. The monoisotopic (exact) mass is 289 g/mol. The first-order valence-corrected chi connectivity index (χ1v) is 6.92. The van der Waals surface area contributed by atoms with Crippen LogP contribution in [0.15, 0.2) is 47.4 Å². The smallest absolute Gasteiger partial charge is 0.270 e. The number of rotatable bonds is 5. The first kappa shape index (κ1) is 14.1. The molecule has 2 aromatic rings. The van der Waals surface area contributed by atoms with Crippen molar-refractivity contribution in [1.29, 1.82) is 0 Å². The Kier molecular flexibility index (Phi) is 4.37. The van der Waals surface area contributed by atoms with Gasteiger partial charge >= 0.3 is 0 Å². The summed E-state index contributed by atoms with van der Waals surface area (Å²) in [5, 5.41) is 10.7. The Labute approximate surface area is 119 Å². The Morgan fingerprint density at radius 3 is 2.45 bits per heavy atom. The van der Waals surface area contributed by atoms with Gasteiger partial charge in [0.2, 0.25) is 0 Å². The number of aldehydes is 1. The fraction of sp³-hybridized carbons (Fsp3) is 0.0714. The highest BCUT2D eigenvalue weighted by Crippen LogP contribution is 2.28. The summed E-state index contributed by atoms with van der Waals surface area (Å²) in [6.45, 7) is 0. The molecule has 0 saturated carbocycles. The van der Waals surface area contributed by atoms with E-state index in [0.717, 1.165) is 4.90 Å². The average molecular weight is 289 g/mol. The maximum Gasteiger partial charge on any atom is 0.270 e. The minimum atomic E-state index is -0.552. The van der Waals surface area contributed by atoms with Crippen LogP contribution in [0.2, 0.25) is 0 Å². The van der Waals surface area contributed by atoms with Gasteiger partial charge in [-0.25, -0.2) is 0 Å². The molecular formula is C14H11NO4S. The molecule has 0 atom stereocenters. The summed E-state index contributed by atoms with van der Waals surface area (Å²) >= 11 is 1.61. The van der Waals surface area contributed by atoms with Crippen LogP contribution in [0.5, 0.6) is 11.5 Å². The van der Waals surface area contributed by atoms with E-state index >= 15 is 0 Å². The SMILES string of the molecule is CSc1ccc(Oc2ccc([N+](=O)[O-])cc2C=O)cc1. The molecule has 0 spiro atoms. The summed E-state index contributed by atoms with van der Waals surface area (Å²) in [6.07, 6.45) is 2.51. The second-order valence-electron chi connectivity index (χ2n) is 3.87. The molecular weight excluding hydrogens is 278 g/mol. The van der Waals surface area contributed by atoms with Crippen molar-refractivity contribution in [3.63, 3.8) is 0 Å². The molecule has 102 valence electrons. The van der Waals surface area contributed by atoms with Crippen LogP contribution in [-0.2, 0) is 0 Å². The average Bonchev–Trinajstić information content (AvgIpc) is 2.48. The highest BCUT2D eigenvalue weighted by atomic mass is 32.2. The number of hydrogen-bond donors (Lipinski definition) is 0. The second-order valence-corrected chi connectivity index (χ2v) is 4.75. The molecule has 20 heavy (non-hydrogen) atoms. The van der Waals surface area contributed by atoms with Gasteiger partial charge < -0.3 is 4.74 Å². The summed E-state index contributed by atoms with van der Waals surface area (Å²) in [7, 11) is 0. The molecule has 0 heterocycles. The van der Waals surface area contributed by atoms with Gasteiger partial charge in [-0.2, -0.15) is 0 Å². The van der Waals surface area contributed by atoms with Crippen molar-refractivity contribution >= 4 is 23.7 Å². The van der Waals surface area contributed by atoms with Crippen LogP contribution in [0.3, 0.4) is 0 Å². The van der Waals surface area contributed by atoms with Crippen molar-refractivity contribution in [3.05, 3.63) is 58.1 Å². The van der Waals surface area contributed by atoms with Crippen LogP contribution in [0.25, 0.3) is 0 Å². The lowest BCUT2D eigenvalue weighted by Crippen LogP contribution is -1.94. The summed E-state index contributed by atoms with van der Waals surface area (Å²) in [5.74, 6) is 0.863. The van der Waals surface area contributed by atoms with E-state index in [-0.39, 0.29) is 11.3 Å². The summed E-state index contributed by atoms with van der Waals surface area (Å²) in [4.78, 5) is 22.2. The largest absolute Gasteiger partial charge is 0.457 e. The minimum absolute atomic E-state index is 0.141. The first-order chi connectivity index (χ1) is 9.63. The fourth-order valence-corrected chi connectivity index (χ4v) is 2.01. The number of nitrogens with zero attached hydrogens (tertiary/aromatic N) is 1. The third-order valence-electron chi connectivity index (χ3n) is 2.62. The molecule has 5 nitrogen and oxygen atoms in total. The third kappa shape index (κ3) is 3.16. The summed E-state index contributed by atoms with van der Waals surface area (Å²) < 4.78 is 5.57. The van der Waals surface area contributed by atoms with Gasteiger partial charge in [0.1, 0.15) is 11.5 Å². The Bertz CT molecular complexity index is 640. The lowest BCUT2D eigenvalue weighted by Gasteiger charge is -2.08. The number of nitro groups is 1. The predicted molar refractivity (Wildman–Crippen MR) is 76.8 cm³/mol. The van der Waals surface area contributed by atoms with Crippen molar-refractivity contribution in [2.24, 2.45) is 0 Å². The summed E-state index contributed by atoms with van der Waals surface area (Å²) in [5.41, 5.74) is 0.00493. The van der Waals surface area contributed by atoms with E-state index in [9.17, 15) is 14.9 Å². The molecule has 0 aliphatic rings. The Morgan fingerprint density at radius 2 is 1.90 bits per heavy atom. The van der Waals surface area contributed by atoms with E-state index in [4.69, 9.17) is 4.74 Å². The number of hydrogen-bond acceptors (Lipinski definition) is 5. The Morgan fingerprint density at radius 1 is 1.20 bits per heavy atom. The molecule has 0 N–H and O–H groups in total. The predicted octanol–water partition coefficient (Wildman–Crippen LogP) is 3.92. The maximum absolute atomic E-state index is 11.0. The van der Waals surface area contributed by atoms with Crippen molar-refractivity contribution < 1.29 is 14.5 Å². The van der Waals surface area contributed by atoms with Crippen molar-refractivity contribution in [1.82, 2.24) is 0 Å². The number of carbonyl (C=O) groups excluding carboxylic acids is 1. The van der Waals surface area contributed by atoms with E-state index in [1.54, 1.807) is 23.9 Å². The molecule has 2 rings (SSSR count). The van der Waals surface area contributed by atoms with Gasteiger partial charge in [0, 0.05) is 17.0 Å². The quantitative estimate of drug-likeness (QED) is 0.361. The van der Waals surface area contributed by atoms with Crippen LogP contribution in [0.1, 0.15) is 10.4 Å². The fourth-order valence-electron chi connectivity index (χ4n) is 1.61. The lowest BCUT2D eigenvalue weighted by atomic mass is 10.2. The molecule has 0 aliphatic heterocycles. The van der Waals surface area contributed by atoms with Gasteiger partial charge in [-0.3, -0.25) is 14.9 Å². The number of benzene rings is 2. The van der Waals surface area contributed by atoms with Crippen molar-refractivity contribution in [3.8, 4) is 11.5 Å². The minimum Gasteiger partial charge on any atom is -0.457 e. The summed E-state index contributed by atoms with van der Waals surface area (Å²) in [6, 6.07) is 11.3. The number of thioether (sulfide) groups is 1. The maximum atomic E-state index is 11.0. The zero-order chi connectivity index (χ0) is 14.5. The standard InChI is InChI=1S/C14H11NO4S/c1-20-13-5-3-12(4-6-13)19-14-7-2-11(15(17)18)8-10(14)9-16/h2-9H,1H3. The highest BCUT2D eigenvalue weighted by Gasteiger charge is 2.11. The molecule has 6 heteroatoms. The van der Waals surface area contributed by atoms with E-state index < -0.39 is 4.92 Å². The molecule has 2 aromatic carbocycles. The molecule has 0 amide bonds. The van der Waals surface area contributed by atoms with Gasteiger partial charge in [0.15, 0.2) is 6.29 Å². The molecule has 0 saturated heterocycles. The van der Waals surface area contributed by atoms with Crippen LogP contribution in [-0.4, -0.2) is 17.5 Å². The Balaban J connectivity index is 2.27. The molecule has 0 aromatic heterocycles. The lowest BCUT2D eigenvalue weighted by molar-refractivity contribution is -0.384. The zero-order valence-electron chi connectivity index (χ0n) is 10.6. The van der Waals surface area contributed by atoms with Gasteiger partial charge in [0.25, 0.3) is 5.69 Å². The van der Waals surface area contributed by atoms with Gasteiger partial charge in [-0.05, 0) is 36.6 Å². The zero-order valence-corrected chi connectivity index (χ0v) is 11.4. The normalized spacial score (nSPS) is 10.1. The number of carbonyl (C=O) groups is 1. The topological polar surface area (TPSA) is 69.4 Å². The van der Waals surface area contributed by atoms with Gasteiger partial charge in [-0.1, -0.05) is 0 Å². The van der Waals surface area contributed by atoms with Crippen LogP contribution >= 0.6 is 11.8 Å². The number of nitro benzene ring substituents is 1. The van der Waals surface area contributed by atoms with E-state index in [1.165, 1.54) is 18.2 Å². The van der Waals surface area contributed by atoms with Crippen LogP contribution < -0.4 is 4.74 Å². The van der Waals surface area contributed by atoms with Gasteiger partial charge in [0.05, 0.1) is 10.5 Å². The number of non-ortho nitro benzene ring substituents is 1. The first-order valence-electron chi connectivity index (χ1n) is 5.69. The Hall–Kier alpha value is -2.34. The number of ether oxygens (including phenoxy) is 1. The highest BCUT2D eigenvalue weighted by molar-refractivity contribution is 7.98.